The number of H-pyrrole nitrogens is 1. The molecule has 1 aromatic carbocycles. The lowest BCUT2D eigenvalue weighted by molar-refractivity contribution is -0.137. The molecule has 0 spiro atoms. The van der Waals surface area contributed by atoms with Gasteiger partial charge in [0.1, 0.15) is 17.4 Å². The van der Waals surface area contributed by atoms with Crippen LogP contribution in [0.2, 0.25) is 0 Å². The highest BCUT2D eigenvalue weighted by Gasteiger charge is 2.13. The van der Waals surface area contributed by atoms with Crippen molar-refractivity contribution < 1.29 is 15.0 Å². The minimum absolute atomic E-state index is 0.0301. The summed E-state index contributed by atoms with van der Waals surface area (Å²) in [5.41, 5.74) is 1.39. The number of aliphatic hydroxyl groups excluding tert-OH is 1. The number of nitrogens with zero attached hydrogens (tertiary/aromatic N) is 2. The predicted octanol–water partition coefficient (Wildman–Crippen LogP) is 2.22. The molecule has 1 heterocycles. The molecule has 96 valence electrons. The van der Waals surface area contributed by atoms with E-state index in [0.717, 1.165) is 5.52 Å². The maximum atomic E-state index is 10.5. The van der Waals surface area contributed by atoms with Crippen molar-refractivity contribution in [1.82, 2.24) is 9.97 Å². The Labute approximate surface area is 108 Å². The van der Waals surface area contributed by atoms with Gasteiger partial charge in [-0.25, -0.2) is 4.98 Å². The van der Waals surface area contributed by atoms with E-state index in [4.69, 9.17) is 10.4 Å². The van der Waals surface area contributed by atoms with Gasteiger partial charge >= 0.3 is 5.97 Å². The molecule has 0 bridgehead atoms. The lowest BCUT2D eigenvalue weighted by Gasteiger charge is -1.99. The van der Waals surface area contributed by atoms with E-state index < -0.39 is 5.97 Å². The van der Waals surface area contributed by atoms with Crippen molar-refractivity contribution in [3.63, 3.8) is 0 Å². The van der Waals surface area contributed by atoms with Crippen LogP contribution >= 0.6 is 0 Å². The number of benzene rings is 1. The van der Waals surface area contributed by atoms with Crippen molar-refractivity contribution in [2.75, 3.05) is 0 Å². The van der Waals surface area contributed by atoms with Crippen LogP contribution in [0.25, 0.3) is 16.6 Å². The molecule has 3 N–H and O–H groups in total. The van der Waals surface area contributed by atoms with Crippen LogP contribution < -0.4 is 0 Å². The van der Waals surface area contributed by atoms with E-state index in [1.165, 1.54) is 0 Å². The molecule has 0 radical (unpaired) electrons. The zero-order valence-corrected chi connectivity index (χ0v) is 9.92. The Bertz CT molecular complexity index is 661. The number of aliphatic hydroxyl groups is 1. The Morgan fingerprint density at radius 1 is 1.32 bits per heavy atom. The number of hydrogen-bond donors (Lipinski definition) is 3. The summed E-state index contributed by atoms with van der Waals surface area (Å²) in [5, 5.41) is 27.4. The molecule has 2 aromatic rings. The number of carbonyl (C=O) groups is 1. The van der Waals surface area contributed by atoms with Crippen LogP contribution in [0.4, 0.5) is 0 Å². The summed E-state index contributed by atoms with van der Waals surface area (Å²) >= 11 is 0. The summed E-state index contributed by atoms with van der Waals surface area (Å²) in [7, 11) is 0. The van der Waals surface area contributed by atoms with Crippen LogP contribution in [-0.4, -0.2) is 26.2 Å². The summed E-state index contributed by atoms with van der Waals surface area (Å²) in [6.45, 7) is 0. The summed E-state index contributed by atoms with van der Waals surface area (Å²) < 4.78 is 0. The van der Waals surface area contributed by atoms with Gasteiger partial charge in [0.25, 0.3) is 0 Å². The van der Waals surface area contributed by atoms with E-state index in [1.807, 2.05) is 18.2 Å². The number of allylic oxidation sites excluding steroid dienone is 2. The topological polar surface area (TPSA) is 110 Å². The Morgan fingerprint density at radius 2 is 2.05 bits per heavy atom. The molecule has 6 heteroatoms. The molecule has 0 atom stereocenters. The average molecular weight is 257 g/mol. The fourth-order valence-electron chi connectivity index (χ4n) is 1.68. The molecule has 0 amide bonds. The highest BCUT2D eigenvalue weighted by atomic mass is 16.4. The Hall–Kier alpha value is -2.81. The van der Waals surface area contributed by atoms with Crippen molar-refractivity contribution in [2.45, 2.75) is 12.8 Å². The van der Waals surface area contributed by atoms with Crippen molar-refractivity contribution >= 4 is 22.6 Å². The first-order valence-corrected chi connectivity index (χ1v) is 5.61. The van der Waals surface area contributed by atoms with Gasteiger partial charge in [0.15, 0.2) is 5.82 Å². The number of hydrogen-bond acceptors (Lipinski definition) is 4. The lowest BCUT2D eigenvalue weighted by atomic mass is 10.1. The first-order valence-electron chi connectivity index (χ1n) is 5.61. The number of aliphatic carboxylic acids is 1. The van der Waals surface area contributed by atoms with Gasteiger partial charge in [0.2, 0.25) is 0 Å². The van der Waals surface area contributed by atoms with Crippen LogP contribution in [0.15, 0.2) is 30.0 Å². The molecule has 0 fully saturated rings. The zero-order chi connectivity index (χ0) is 13.8. The summed E-state index contributed by atoms with van der Waals surface area (Å²) in [6.07, 6.45) is -0.341. The Balaban J connectivity index is 2.38. The van der Waals surface area contributed by atoms with Gasteiger partial charge in [-0.05, 0) is 12.1 Å². The number of rotatable bonds is 4. The van der Waals surface area contributed by atoms with Crippen LogP contribution in [0, 0.1) is 11.3 Å². The Kier molecular flexibility index (Phi) is 3.48. The molecule has 1 aromatic heterocycles. The third-order valence-corrected chi connectivity index (χ3v) is 2.60. The summed E-state index contributed by atoms with van der Waals surface area (Å²) in [6, 6.07) is 9.06. The monoisotopic (exact) mass is 257 g/mol. The summed E-state index contributed by atoms with van der Waals surface area (Å²) in [5.74, 6) is -1.07. The van der Waals surface area contributed by atoms with E-state index in [9.17, 15) is 9.90 Å². The Morgan fingerprint density at radius 3 is 2.68 bits per heavy atom. The van der Waals surface area contributed by atoms with E-state index >= 15 is 0 Å². The number of aromatic amines is 1. The maximum absolute atomic E-state index is 10.5. The molecule has 0 saturated carbocycles. The largest absolute Gasteiger partial charge is 0.511 e. The molecule has 0 aliphatic carbocycles. The normalized spacial score (nSPS) is 11.9. The molecule has 6 nitrogen and oxygen atoms in total. The quantitative estimate of drug-likeness (QED) is 0.574. The number of nitriles is 1. The average Bonchev–Trinajstić information content (AvgIpc) is 2.80. The van der Waals surface area contributed by atoms with E-state index in [0.29, 0.717) is 5.52 Å². The van der Waals surface area contributed by atoms with Crippen molar-refractivity contribution in [1.29, 1.82) is 5.26 Å². The van der Waals surface area contributed by atoms with Crippen molar-refractivity contribution in [2.24, 2.45) is 0 Å². The number of carboxylic acids is 1. The van der Waals surface area contributed by atoms with Crippen LogP contribution in [0.3, 0.4) is 0 Å². The number of imidazole rings is 1. The van der Waals surface area contributed by atoms with Gasteiger partial charge in [-0.2, -0.15) is 5.26 Å². The van der Waals surface area contributed by atoms with E-state index in [2.05, 4.69) is 9.97 Å². The smallest absolute Gasteiger partial charge is 0.303 e. The van der Waals surface area contributed by atoms with Crippen molar-refractivity contribution in [3.8, 4) is 6.07 Å². The van der Waals surface area contributed by atoms with Gasteiger partial charge in [-0.3, -0.25) is 4.79 Å². The standard InChI is InChI=1S/C13H11N3O3/c14-7-8(11(17)5-6-12(18)19)13-15-9-3-1-2-4-10(9)16-13/h1-4,17H,5-6H2,(H,15,16)(H,18,19)/b11-8+. The SMILES string of the molecule is N#C/C(=C(\O)CCC(=O)O)c1nc2ccccc2[nH]1. The zero-order valence-electron chi connectivity index (χ0n) is 9.92. The first kappa shape index (κ1) is 12.6. The first-order chi connectivity index (χ1) is 9.11. The second-order valence-corrected chi connectivity index (χ2v) is 3.93. The van der Waals surface area contributed by atoms with Gasteiger partial charge in [-0.1, -0.05) is 12.1 Å². The van der Waals surface area contributed by atoms with Gasteiger partial charge in [-0.15, -0.1) is 0 Å². The minimum atomic E-state index is -1.03. The number of para-hydroxylation sites is 2. The molecular weight excluding hydrogens is 246 g/mol. The van der Waals surface area contributed by atoms with Crippen LogP contribution in [0.1, 0.15) is 18.7 Å². The fraction of sp³-hybridized carbons (Fsp3) is 0.154. The number of aromatic nitrogens is 2. The lowest BCUT2D eigenvalue weighted by Crippen LogP contribution is -1.98. The van der Waals surface area contributed by atoms with Crippen LogP contribution in [-0.2, 0) is 4.79 Å². The molecule has 2 rings (SSSR count). The predicted molar refractivity (Wildman–Crippen MR) is 68.1 cm³/mol. The van der Waals surface area contributed by atoms with Crippen molar-refractivity contribution in [3.05, 3.63) is 35.8 Å². The minimum Gasteiger partial charge on any atom is -0.511 e. The molecule has 0 aliphatic heterocycles. The number of carboxylic acid groups (broad SMARTS) is 1. The second kappa shape index (κ2) is 5.23. The highest BCUT2D eigenvalue weighted by Crippen LogP contribution is 2.20. The van der Waals surface area contributed by atoms with Gasteiger partial charge in [0, 0.05) is 6.42 Å². The molecular formula is C13H11N3O3. The maximum Gasteiger partial charge on any atom is 0.303 e. The number of fused-ring (bicyclic) bond motifs is 1. The number of nitrogens with one attached hydrogen (secondary N) is 1. The summed E-state index contributed by atoms with van der Waals surface area (Å²) in [4.78, 5) is 17.6. The second-order valence-electron chi connectivity index (χ2n) is 3.93. The van der Waals surface area contributed by atoms with E-state index in [-0.39, 0.29) is 30.0 Å². The third kappa shape index (κ3) is 2.72. The highest BCUT2D eigenvalue weighted by molar-refractivity contribution is 5.82. The van der Waals surface area contributed by atoms with Crippen LogP contribution in [0.5, 0.6) is 0 Å². The molecule has 19 heavy (non-hydrogen) atoms. The third-order valence-electron chi connectivity index (χ3n) is 2.60. The van der Waals surface area contributed by atoms with Gasteiger partial charge < -0.3 is 15.2 Å². The van der Waals surface area contributed by atoms with Gasteiger partial charge in [0.05, 0.1) is 17.5 Å². The molecule has 0 saturated heterocycles. The molecule has 0 aliphatic rings. The molecule has 0 unspecified atom stereocenters. The fourth-order valence-corrected chi connectivity index (χ4v) is 1.68. The van der Waals surface area contributed by atoms with E-state index in [1.54, 1.807) is 12.1 Å².